The van der Waals surface area contributed by atoms with Crippen molar-refractivity contribution in [3.63, 3.8) is 0 Å². The van der Waals surface area contributed by atoms with Gasteiger partial charge in [0.05, 0.1) is 41.2 Å². The maximum atomic E-state index is 13.1. The first kappa shape index (κ1) is 22.4. The zero-order chi connectivity index (χ0) is 23.2. The molecule has 1 aromatic heterocycles. The lowest BCUT2D eigenvalue weighted by Gasteiger charge is -2.37. The summed E-state index contributed by atoms with van der Waals surface area (Å²) in [4.78, 5) is 19.6. The van der Waals surface area contributed by atoms with Crippen LogP contribution in [0.2, 0.25) is 0 Å². The van der Waals surface area contributed by atoms with Gasteiger partial charge in [0, 0.05) is 38.4 Å². The Bertz CT molecular complexity index is 1150. The van der Waals surface area contributed by atoms with Crippen molar-refractivity contribution < 1.29 is 13.2 Å². The van der Waals surface area contributed by atoms with Gasteiger partial charge in [0.1, 0.15) is 0 Å². The van der Waals surface area contributed by atoms with Crippen LogP contribution < -0.4 is 9.80 Å². The normalized spacial score (nSPS) is 23.0. The second-order valence-electron chi connectivity index (χ2n) is 9.56. The fourth-order valence-electron chi connectivity index (χ4n) is 5.63. The minimum atomic E-state index is -2.95. The summed E-state index contributed by atoms with van der Waals surface area (Å²) in [5.41, 5.74) is 5.45. The number of para-hydroxylation sites is 1. The highest BCUT2D eigenvalue weighted by Gasteiger charge is 2.33. The third-order valence-corrected chi connectivity index (χ3v) is 9.05. The van der Waals surface area contributed by atoms with Gasteiger partial charge >= 0.3 is 0 Å². The number of hydrogen-bond acceptors (Lipinski definition) is 6. The molecule has 3 aliphatic rings. The molecule has 0 saturated carbocycles. The summed E-state index contributed by atoms with van der Waals surface area (Å²) in [6, 6.07) is 8.18. The Hall–Kier alpha value is -2.39. The minimum absolute atomic E-state index is 0.0613. The predicted molar refractivity (Wildman–Crippen MR) is 130 cm³/mol. The van der Waals surface area contributed by atoms with Crippen molar-refractivity contribution in [1.82, 2.24) is 14.7 Å². The van der Waals surface area contributed by atoms with E-state index in [0.717, 1.165) is 68.3 Å². The number of fused-ring (bicyclic) bond motifs is 1. The van der Waals surface area contributed by atoms with Crippen molar-refractivity contribution in [3.05, 3.63) is 41.2 Å². The highest BCUT2D eigenvalue weighted by molar-refractivity contribution is 7.91. The number of rotatable bonds is 4. The molecule has 1 atom stereocenters. The van der Waals surface area contributed by atoms with Crippen molar-refractivity contribution in [2.45, 2.75) is 39.2 Å². The van der Waals surface area contributed by atoms with Crippen LogP contribution in [0.3, 0.4) is 0 Å². The Morgan fingerprint density at radius 3 is 2.58 bits per heavy atom. The Kier molecular flexibility index (Phi) is 5.95. The third-order valence-electron chi connectivity index (χ3n) is 7.30. The number of aryl methyl sites for hydroxylation is 2. The number of carbonyl (C=O) groups is 1. The highest BCUT2D eigenvalue weighted by atomic mass is 32.2. The van der Waals surface area contributed by atoms with E-state index in [1.807, 2.05) is 35.6 Å². The SMILES string of the molecule is Cc1nn(C2CCS(=O)(=O)C2)c(C)c1N1CCN(CC(=O)N2CCCc3ccccc32)CC1. The first-order valence-corrected chi connectivity index (χ1v) is 13.8. The number of amides is 1. The number of nitrogens with zero attached hydrogens (tertiary/aromatic N) is 5. The molecule has 0 aliphatic carbocycles. The van der Waals surface area contributed by atoms with E-state index in [2.05, 4.69) is 21.9 Å². The summed E-state index contributed by atoms with van der Waals surface area (Å²) >= 11 is 0. The molecule has 5 rings (SSSR count). The number of hydrogen-bond donors (Lipinski definition) is 0. The van der Waals surface area contributed by atoms with E-state index in [-0.39, 0.29) is 23.5 Å². The fourth-order valence-corrected chi connectivity index (χ4v) is 7.33. The van der Waals surface area contributed by atoms with Crippen molar-refractivity contribution in [3.8, 4) is 0 Å². The quantitative estimate of drug-likeness (QED) is 0.678. The van der Waals surface area contributed by atoms with Gasteiger partial charge in [-0.2, -0.15) is 5.10 Å². The van der Waals surface area contributed by atoms with E-state index in [9.17, 15) is 13.2 Å². The van der Waals surface area contributed by atoms with Crippen LogP contribution in [0, 0.1) is 13.8 Å². The molecular weight excluding hydrogens is 438 g/mol. The molecule has 0 spiro atoms. The van der Waals surface area contributed by atoms with Crippen LogP contribution in [0.1, 0.15) is 35.8 Å². The fraction of sp³-hybridized carbons (Fsp3) is 0.583. The largest absolute Gasteiger partial charge is 0.366 e. The third kappa shape index (κ3) is 4.40. The van der Waals surface area contributed by atoms with E-state index in [1.54, 1.807) is 0 Å². The zero-order valence-corrected chi connectivity index (χ0v) is 20.4. The van der Waals surface area contributed by atoms with Gasteiger partial charge in [0.15, 0.2) is 9.84 Å². The lowest BCUT2D eigenvalue weighted by atomic mass is 10.0. The van der Waals surface area contributed by atoms with E-state index in [4.69, 9.17) is 5.10 Å². The van der Waals surface area contributed by atoms with Gasteiger partial charge in [-0.3, -0.25) is 14.4 Å². The lowest BCUT2D eigenvalue weighted by molar-refractivity contribution is -0.119. The number of carbonyl (C=O) groups excluding carboxylic acids is 1. The summed E-state index contributed by atoms with van der Waals surface area (Å²) in [6.07, 6.45) is 2.69. The zero-order valence-electron chi connectivity index (χ0n) is 19.5. The Morgan fingerprint density at radius 2 is 1.85 bits per heavy atom. The van der Waals surface area contributed by atoms with Gasteiger partial charge in [-0.15, -0.1) is 0 Å². The van der Waals surface area contributed by atoms with Crippen LogP contribution in [-0.4, -0.2) is 79.8 Å². The van der Waals surface area contributed by atoms with Crippen LogP contribution in [0.25, 0.3) is 0 Å². The molecule has 1 amide bonds. The molecule has 178 valence electrons. The van der Waals surface area contributed by atoms with Crippen molar-refractivity contribution >= 4 is 27.1 Å². The van der Waals surface area contributed by atoms with Crippen LogP contribution >= 0.6 is 0 Å². The maximum Gasteiger partial charge on any atom is 0.241 e. The molecule has 2 fully saturated rings. The summed E-state index contributed by atoms with van der Waals surface area (Å²) in [5, 5.41) is 4.72. The lowest BCUT2D eigenvalue weighted by Crippen LogP contribution is -2.51. The van der Waals surface area contributed by atoms with E-state index < -0.39 is 9.84 Å². The Labute approximate surface area is 196 Å². The average Bonchev–Trinajstić information content (AvgIpc) is 3.31. The van der Waals surface area contributed by atoms with Gasteiger partial charge in [0.2, 0.25) is 5.91 Å². The summed E-state index contributed by atoms with van der Waals surface area (Å²) < 4.78 is 25.8. The molecule has 0 bridgehead atoms. The van der Waals surface area contributed by atoms with Crippen molar-refractivity contribution in [2.24, 2.45) is 0 Å². The van der Waals surface area contributed by atoms with Crippen molar-refractivity contribution in [2.75, 3.05) is 60.6 Å². The molecule has 2 aromatic rings. The highest BCUT2D eigenvalue weighted by Crippen LogP contribution is 2.32. The summed E-state index contributed by atoms with van der Waals surface area (Å²) in [6.45, 7) is 8.60. The molecule has 9 heteroatoms. The van der Waals surface area contributed by atoms with Crippen LogP contribution in [0.5, 0.6) is 0 Å². The Morgan fingerprint density at radius 1 is 1.09 bits per heavy atom. The molecular formula is C24H33N5O3S. The second-order valence-corrected chi connectivity index (χ2v) is 11.8. The van der Waals surface area contributed by atoms with E-state index in [1.165, 1.54) is 5.56 Å². The molecule has 2 saturated heterocycles. The second kappa shape index (κ2) is 8.76. The molecule has 1 aromatic carbocycles. The number of sulfone groups is 1. The van der Waals surface area contributed by atoms with Gasteiger partial charge in [-0.1, -0.05) is 18.2 Å². The maximum absolute atomic E-state index is 13.1. The minimum Gasteiger partial charge on any atom is -0.366 e. The molecule has 1 unspecified atom stereocenters. The van der Waals surface area contributed by atoms with Gasteiger partial charge in [0.25, 0.3) is 0 Å². The predicted octanol–water partition coefficient (Wildman–Crippen LogP) is 1.96. The average molecular weight is 472 g/mol. The number of aromatic nitrogens is 2. The molecule has 0 radical (unpaired) electrons. The monoisotopic (exact) mass is 471 g/mol. The van der Waals surface area contributed by atoms with Crippen molar-refractivity contribution in [1.29, 1.82) is 0 Å². The summed E-state index contributed by atoms with van der Waals surface area (Å²) in [7, 11) is -2.95. The first-order chi connectivity index (χ1) is 15.8. The molecule has 4 heterocycles. The van der Waals surface area contributed by atoms with E-state index in [0.29, 0.717) is 13.0 Å². The Balaban J connectivity index is 1.22. The summed E-state index contributed by atoms with van der Waals surface area (Å²) in [5.74, 6) is 0.613. The number of piperazine rings is 1. The van der Waals surface area contributed by atoms with Gasteiger partial charge < -0.3 is 9.80 Å². The number of anilines is 2. The molecule has 0 N–H and O–H groups in total. The topological polar surface area (TPSA) is 78.8 Å². The van der Waals surface area contributed by atoms with Crippen LogP contribution in [-0.2, 0) is 21.1 Å². The van der Waals surface area contributed by atoms with Gasteiger partial charge in [-0.25, -0.2) is 8.42 Å². The van der Waals surface area contributed by atoms with E-state index >= 15 is 0 Å². The first-order valence-electron chi connectivity index (χ1n) is 11.9. The molecule has 8 nitrogen and oxygen atoms in total. The smallest absolute Gasteiger partial charge is 0.241 e. The number of benzene rings is 1. The molecule has 3 aliphatic heterocycles. The standard InChI is InChI=1S/C24H33N5O3S/c1-18-24(19(2)29(25-18)21-9-15-33(31,32)17-21)27-13-11-26(12-14-27)16-23(30)28-10-5-7-20-6-3-4-8-22(20)28/h3-4,6,8,21H,5,7,9-17H2,1-2H3. The van der Waals surface area contributed by atoms with Gasteiger partial charge in [-0.05, 0) is 44.7 Å². The molecule has 33 heavy (non-hydrogen) atoms. The van der Waals surface area contributed by atoms with Crippen LogP contribution in [0.15, 0.2) is 24.3 Å². The van der Waals surface area contributed by atoms with Crippen LogP contribution in [0.4, 0.5) is 11.4 Å².